The molecule has 31 heavy (non-hydrogen) atoms. The van der Waals surface area contributed by atoms with Crippen molar-refractivity contribution in [3.63, 3.8) is 0 Å². The number of rotatable bonds is 5. The third-order valence-corrected chi connectivity index (χ3v) is 9.35. The Morgan fingerprint density at radius 1 is 1.19 bits per heavy atom. The van der Waals surface area contributed by atoms with Crippen LogP contribution in [0.25, 0.3) is 0 Å². The van der Waals surface area contributed by atoms with Gasteiger partial charge in [0.2, 0.25) is 5.78 Å². The summed E-state index contributed by atoms with van der Waals surface area (Å²) in [5, 5.41) is 21.3. The number of aliphatic hydroxyl groups is 2. The summed E-state index contributed by atoms with van der Waals surface area (Å²) in [4.78, 5) is 37.6. The van der Waals surface area contributed by atoms with Gasteiger partial charge in [-0.2, -0.15) is 0 Å². The molecule has 0 amide bonds. The summed E-state index contributed by atoms with van der Waals surface area (Å²) in [6, 6.07) is 0. The van der Waals surface area contributed by atoms with Crippen LogP contribution in [0.1, 0.15) is 78.6 Å². The van der Waals surface area contributed by atoms with Crippen molar-refractivity contribution in [3.05, 3.63) is 11.6 Å². The minimum Gasteiger partial charge on any atom is -0.450 e. The van der Waals surface area contributed by atoms with Crippen LogP contribution in [0, 0.1) is 28.6 Å². The number of carbonyl (C=O) groups excluding carboxylic acids is 3. The predicted molar refractivity (Wildman–Crippen MR) is 114 cm³/mol. The Labute approximate surface area is 184 Å². The predicted octanol–water partition coefficient (Wildman–Crippen LogP) is 3.13. The first-order valence-electron chi connectivity index (χ1n) is 11.9. The van der Waals surface area contributed by atoms with Crippen molar-refractivity contribution in [1.82, 2.24) is 0 Å². The first kappa shape index (κ1) is 22.7. The van der Waals surface area contributed by atoms with Crippen molar-refractivity contribution in [1.29, 1.82) is 0 Å². The maximum absolute atomic E-state index is 13.1. The molecule has 4 rings (SSSR count). The molecule has 7 atom stereocenters. The zero-order valence-corrected chi connectivity index (χ0v) is 19.0. The Morgan fingerprint density at radius 2 is 1.94 bits per heavy atom. The fourth-order valence-corrected chi connectivity index (χ4v) is 7.94. The van der Waals surface area contributed by atoms with Gasteiger partial charge in [-0.1, -0.05) is 26.3 Å². The van der Waals surface area contributed by atoms with E-state index in [-0.39, 0.29) is 35.4 Å². The van der Waals surface area contributed by atoms with Gasteiger partial charge in [0.25, 0.3) is 0 Å². The summed E-state index contributed by atoms with van der Waals surface area (Å²) in [7, 11) is 0. The van der Waals surface area contributed by atoms with Gasteiger partial charge in [0.05, 0.1) is 6.10 Å². The summed E-state index contributed by atoms with van der Waals surface area (Å²) in [6.45, 7) is 5.39. The summed E-state index contributed by atoms with van der Waals surface area (Å²) in [6.07, 6.45) is 6.48. The molecule has 0 aromatic carbocycles. The van der Waals surface area contributed by atoms with Crippen LogP contribution in [0.5, 0.6) is 0 Å². The van der Waals surface area contributed by atoms with E-state index in [2.05, 4.69) is 6.92 Å². The number of allylic oxidation sites excluding steroid dienone is 1. The van der Waals surface area contributed by atoms with Crippen molar-refractivity contribution in [2.75, 3.05) is 6.61 Å². The lowest BCUT2D eigenvalue weighted by Crippen LogP contribution is -2.63. The molecule has 1 unspecified atom stereocenters. The van der Waals surface area contributed by atoms with E-state index in [4.69, 9.17) is 4.74 Å². The molecular formula is C25H36O6. The Kier molecular flexibility index (Phi) is 5.70. The van der Waals surface area contributed by atoms with Crippen LogP contribution in [-0.4, -0.2) is 46.1 Å². The highest BCUT2D eigenvalue weighted by Gasteiger charge is 2.70. The summed E-state index contributed by atoms with van der Waals surface area (Å²) in [5.41, 5.74) is -1.12. The molecule has 0 bridgehead atoms. The molecule has 0 spiro atoms. The van der Waals surface area contributed by atoms with Gasteiger partial charge in [-0.3, -0.25) is 14.4 Å². The second-order valence-corrected chi connectivity index (χ2v) is 10.7. The molecule has 3 fully saturated rings. The van der Waals surface area contributed by atoms with Crippen LogP contribution in [0.3, 0.4) is 0 Å². The van der Waals surface area contributed by atoms with Gasteiger partial charge in [0.15, 0.2) is 11.4 Å². The van der Waals surface area contributed by atoms with E-state index < -0.39 is 35.5 Å². The van der Waals surface area contributed by atoms with Gasteiger partial charge in [0.1, 0.15) is 6.61 Å². The standard InChI is InChI=1S/C25H36O6/c1-4-5-21(30)31-25(20(29)14-26)11-9-18-17-7-6-15-12-16(27)8-10-23(15,2)22(17)19(28)13-24(18,25)3/h12,17-19,22,26,28H,4-11,13-14H2,1-3H3/t17-,18-,19-,22+,23-,24-,25?/m0/s1. The first-order chi connectivity index (χ1) is 14.6. The smallest absolute Gasteiger partial charge is 0.306 e. The fraction of sp³-hybridized carbons (Fsp3) is 0.800. The van der Waals surface area contributed by atoms with Gasteiger partial charge < -0.3 is 14.9 Å². The van der Waals surface area contributed by atoms with E-state index in [1.807, 2.05) is 13.8 Å². The van der Waals surface area contributed by atoms with Crippen LogP contribution in [0.4, 0.5) is 0 Å². The van der Waals surface area contributed by atoms with Crippen molar-refractivity contribution in [2.24, 2.45) is 28.6 Å². The molecular weight excluding hydrogens is 396 g/mol. The van der Waals surface area contributed by atoms with Gasteiger partial charge in [-0.15, -0.1) is 0 Å². The highest BCUT2D eigenvalue weighted by molar-refractivity contribution is 5.92. The Bertz CT molecular complexity index is 817. The number of Topliss-reactive ketones (excluding diaryl/α,β-unsaturated/α-hetero) is 1. The lowest BCUT2D eigenvalue weighted by atomic mass is 9.45. The normalized spacial score (nSPS) is 44.0. The van der Waals surface area contributed by atoms with Crippen LogP contribution >= 0.6 is 0 Å². The van der Waals surface area contributed by atoms with E-state index in [1.54, 1.807) is 6.08 Å². The van der Waals surface area contributed by atoms with Crippen LogP contribution < -0.4 is 0 Å². The number of ketones is 2. The third-order valence-electron chi connectivity index (χ3n) is 9.35. The van der Waals surface area contributed by atoms with Crippen molar-refractivity contribution in [2.45, 2.75) is 90.3 Å². The average molecular weight is 433 g/mol. The third kappa shape index (κ3) is 3.16. The molecule has 2 N–H and O–H groups in total. The molecule has 0 saturated heterocycles. The van der Waals surface area contributed by atoms with Gasteiger partial charge >= 0.3 is 5.97 Å². The first-order valence-corrected chi connectivity index (χ1v) is 11.9. The largest absolute Gasteiger partial charge is 0.450 e. The zero-order chi connectivity index (χ0) is 22.6. The maximum Gasteiger partial charge on any atom is 0.306 e. The quantitative estimate of drug-likeness (QED) is 0.648. The molecule has 0 aromatic rings. The highest BCUT2D eigenvalue weighted by Crippen LogP contribution is 2.68. The van der Waals surface area contributed by atoms with E-state index in [0.717, 1.165) is 31.3 Å². The molecule has 4 aliphatic rings. The fourth-order valence-electron chi connectivity index (χ4n) is 7.94. The number of esters is 1. The number of fused-ring (bicyclic) bond motifs is 5. The van der Waals surface area contributed by atoms with Gasteiger partial charge in [0, 0.05) is 18.3 Å². The lowest BCUT2D eigenvalue weighted by Gasteiger charge is -2.60. The van der Waals surface area contributed by atoms with Crippen LogP contribution in [0.2, 0.25) is 0 Å². The molecule has 6 heteroatoms. The van der Waals surface area contributed by atoms with Crippen LogP contribution in [0.15, 0.2) is 11.6 Å². The van der Waals surface area contributed by atoms with Crippen molar-refractivity contribution in [3.8, 4) is 0 Å². The number of aliphatic hydroxyl groups excluding tert-OH is 2. The van der Waals surface area contributed by atoms with E-state index in [1.165, 1.54) is 0 Å². The molecule has 0 aromatic heterocycles. The second-order valence-electron chi connectivity index (χ2n) is 10.7. The lowest BCUT2D eigenvalue weighted by molar-refractivity contribution is -0.202. The Morgan fingerprint density at radius 3 is 2.61 bits per heavy atom. The number of carbonyl (C=O) groups is 3. The number of hydrogen-bond acceptors (Lipinski definition) is 6. The van der Waals surface area contributed by atoms with E-state index in [9.17, 15) is 24.6 Å². The number of ether oxygens (including phenoxy) is 1. The summed E-state index contributed by atoms with van der Waals surface area (Å²) >= 11 is 0. The van der Waals surface area contributed by atoms with Crippen LogP contribution in [-0.2, 0) is 19.1 Å². The molecule has 4 aliphatic carbocycles. The molecule has 0 aliphatic heterocycles. The molecule has 3 saturated carbocycles. The molecule has 0 radical (unpaired) electrons. The summed E-state index contributed by atoms with van der Waals surface area (Å²) in [5.74, 6) is -0.320. The number of hydrogen-bond donors (Lipinski definition) is 2. The molecule has 6 nitrogen and oxygen atoms in total. The minimum atomic E-state index is -1.37. The molecule has 0 heterocycles. The van der Waals surface area contributed by atoms with Crippen molar-refractivity contribution >= 4 is 17.5 Å². The minimum absolute atomic E-state index is 0.0325. The van der Waals surface area contributed by atoms with Crippen molar-refractivity contribution < 1.29 is 29.3 Å². The summed E-state index contributed by atoms with van der Waals surface area (Å²) < 4.78 is 5.92. The van der Waals surface area contributed by atoms with Gasteiger partial charge in [-0.25, -0.2) is 0 Å². The van der Waals surface area contributed by atoms with Gasteiger partial charge in [-0.05, 0) is 74.2 Å². The maximum atomic E-state index is 13.1. The second kappa shape index (κ2) is 7.80. The Hall–Kier alpha value is -1.53. The topological polar surface area (TPSA) is 101 Å². The monoisotopic (exact) mass is 432 g/mol. The Balaban J connectivity index is 1.73. The average Bonchev–Trinajstić information content (AvgIpc) is 3.00. The molecule has 172 valence electrons. The van der Waals surface area contributed by atoms with E-state index in [0.29, 0.717) is 25.7 Å². The van der Waals surface area contributed by atoms with E-state index >= 15 is 0 Å². The SMILES string of the molecule is CCCC(=O)OC1(C(=O)CO)CC[C@H]2[C@@H]3CCC4=CC(=O)CC[C@]4(C)[C@H]3[C@@H](O)C[C@@]21C. The zero-order valence-electron chi connectivity index (χ0n) is 19.0. The highest BCUT2D eigenvalue weighted by atomic mass is 16.6.